The van der Waals surface area contributed by atoms with Gasteiger partial charge < -0.3 is 19.9 Å². The van der Waals surface area contributed by atoms with Crippen LogP contribution in [0.3, 0.4) is 0 Å². The zero-order valence-electron chi connectivity index (χ0n) is 13.6. The molecule has 0 radical (unpaired) electrons. The summed E-state index contributed by atoms with van der Waals surface area (Å²) in [6.07, 6.45) is -2.36. The Kier molecular flexibility index (Phi) is 6.50. The van der Waals surface area contributed by atoms with E-state index in [4.69, 9.17) is 4.74 Å². The van der Waals surface area contributed by atoms with E-state index in [0.717, 1.165) is 7.11 Å². The van der Waals surface area contributed by atoms with E-state index in [1.54, 1.807) is 26.8 Å². The third-order valence-corrected chi connectivity index (χ3v) is 2.87. The number of esters is 1. The number of nitrogens with one attached hydrogen (secondary N) is 1. The van der Waals surface area contributed by atoms with E-state index in [0.29, 0.717) is 5.56 Å². The summed E-state index contributed by atoms with van der Waals surface area (Å²) in [6, 6.07) is 4.64. The van der Waals surface area contributed by atoms with Crippen LogP contribution in [-0.4, -0.2) is 42.0 Å². The van der Waals surface area contributed by atoms with E-state index in [1.165, 1.54) is 18.2 Å². The molecule has 1 aromatic carbocycles. The summed E-state index contributed by atoms with van der Waals surface area (Å²) >= 11 is 0. The van der Waals surface area contributed by atoms with Crippen LogP contribution in [0.1, 0.15) is 26.3 Å². The molecule has 0 unspecified atom stereocenters. The summed E-state index contributed by atoms with van der Waals surface area (Å²) in [6.45, 7) is 5.06. The molecule has 0 spiro atoms. The Morgan fingerprint density at radius 1 is 1.35 bits per heavy atom. The molecule has 6 nitrogen and oxygen atoms in total. The number of rotatable bonds is 5. The Bertz CT molecular complexity index is 556. The van der Waals surface area contributed by atoms with E-state index >= 15 is 0 Å². The second-order valence-corrected chi connectivity index (χ2v) is 6.05. The topological polar surface area (TPSA) is 84.9 Å². The number of hydrogen-bond donors (Lipinski definition) is 2. The van der Waals surface area contributed by atoms with E-state index < -0.39 is 35.6 Å². The largest absolute Gasteiger partial charge is 0.467 e. The van der Waals surface area contributed by atoms with Gasteiger partial charge in [0.15, 0.2) is 6.10 Å². The number of aliphatic hydroxyl groups is 1. The highest BCUT2D eigenvalue weighted by molar-refractivity contribution is 5.77. The van der Waals surface area contributed by atoms with Crippen LogP contribution in [0.15, 0.2) is 24.3 Å². The average Bonchev–Trinajstić information content (AvgIpc) is 2.43. The summed E-state index contributed by atoms with van der Waals surface area (Å²) < 4.78 is 22.8. The normalized spacial score (nSPS) is 13.8. The maximum atomic E-state index is 13.3. The van der Waals surface area contributed by atoms with Crippen LogP contribution < -0.4 is 5.32 Å². The Hall–Kier alpha value is -2.15. The summed E-state index contributed by atoms with van der Waals surface area (Å²) in [7, 11) is 1.12. The van der Waals surface area contributed by atoms with Gasteiger partial charge in [-0.05, 0) is 44.9 Å². The summed E-state index contributed by atoms with van der Waals surface area (Å²) in [5, 5.41) is 12.4. The number of aliphatic hydroxyl groups excluding tert-OH is 1. The fraction of sp³-hybridized carbons (Fsp3) is 0.500. The summed E-state index contributed by atoms with van der Waals surface area (Å²) in [4.78, 5) is 23.4. The number of hydrogen-bond acceptors (Lipinski definition) is 5. The number of methoxy groups -OCH3 is 1. The fourth-order valence-electron chi connectivity index (χ4n) is 1.90. The van der Waals surface area contributed by atoms with Crippen LogP contribution in [0.2, 0.25) is 0 Å². The molecule has 0 heterocycles. The average molecular weight is 327 g/mol. The van der Waals surface area contributed by atoms with Crippen LogP contribution in [0, 0.1) is 5.82 Å². The van der Waals surface area contributed by atoms with Crippen molar-refractivity contribution in [1.29, 1.82) is 0 Å². The highest BCUT2D eigenvalue weighted by Gasteiger charge is 2.30. The molecule has 0 aromatic heterocycles. The first-order valence-corrected chi connectivity index (χ1v) is 7.12. The molecule has 0 aliphatic heterocycles. The van der Waals surface area contributed by atoms with Gasteiger partial charge in [-0.3, -0.25) is 0 Å². The Morgan fingerprint density at radius 2 is 2.00 bits per heavy atom. The molecule has 23 heavy (non-hydrogen) atoms. The molecule has 2 N–H and O–H groups in total. The first-order valence-electron chi connectivity index (χ1n) is 7.12. The van der Waals surface area contributed by atoms with E-state index in [9.17, 15) is 19.1 Å². The first-order chi connectivity index (χ1) is 10.6. The zero-order chi connectivity index (χ0) is 17.6. The number of carbonyl (C=O) groups excluding carboxylic acids is 2. The zero-order valence-corrected chi connectivity index (χ0v) is 13.6. The molecule has 0 aliphatic rings. The van der Waals surface area contributed by atoms with Crippen molar-refractivity contribution in [1.82, 2.24) is 5.32 Å². The predicted molar refractivity (Wildman–Crippen MR) is 81.3 cm³/mol. The first kappa shape index (κ1) is 18.9. The maximum absolute atomic E-state index is 13.3. The van der Waals surface area contributed by atoms with E-state index in [-0.39, 0.29) is 6.42 Å². The van der Waals surface area contributed by atoms with Crippen molar-refractivity contribution >= 4 is 12.1 Å². The lowest BCUT2D eigenvalue weighted by Gasteiger charge is -2.25. The minimum atomic E-state index is -1.60. The predicted octanol–water partition coefficient (Wildman–Crippen LogP) is 1.80. The number of benzene rings is 1. The third-order valence-electron chi connectivity index (χ3n) is 2.87. The molecule has 0 saturated heterocycles. The van der Waals surface area contributed by atoms with E-state index in [1.807, 2.05) is 0 Å². The highest BCUT2D eigenvalue weighted by atomic mass is 19.1. The number of amides is 1. The lowest BCUT2D eigenvalue weighted by molar-refractivity contribution is -0.151. The SMILES string of the molecule is COC(=O)[C@H](O)[C@@H](Cc1cccc(F)c1)NC(=O)OC(C)(C)C. The molecular weight excluding hydrogens is 305 g/mol. The smallest absolute Gasteiger partial charge is 0.407 e. The minimum Gasteiger partial charge on any atom is -0.467 e. The van der Waals surface area contributed by atoms with E-state index in [2.05, 4.69) is 10.1 Å². The molecule has 0 bridgehead atoms. The Labute approximate surface area is 134 Å². The number of carbonyl (C=O) groups is 2. The molecule has 1 amide bonds. The number of halogens is 1. The number of alkyl carbamates (subject to hydrolysis) is 1. The van der Waals surface area contributed by atoms with Crippen LogP contribution in [0.5, 0.6) is 0 Å². The van der Waals surface area contributed by atoms with Crippen molar-refractivity contribution in [3.05, 3.63) is 35.6 Å². The summed E-state index contributed by atoms with van der Waals surface area (Å²) in [5.41, 5.74) is -0.224. The molecule has 128 valence electrons. The van der Waals surface area contributed by atoms with Gasteiger partial charge >= 0.3 is 12.1 Å². The van der Waals surface area contributed by atoms with Gasteiger partial charge in [0.1, 0.15) is 11.4 Å². The molecule has 1 rings (SSSR count). The third kappa shape index (κ3) is 6.65. The standard InChI is InChI=1S/C16H22FNO5/c1-16(2,3)23-15(21)18-12(13(19)14(20)22-4)9-10-6-5-7-11(17)8-10/h5-8,12-13,19H,9H2,1-4H3,(H,18,21)/t12-,13-/m1/s1. The van der Waals surface area contributed by atoms with Crippen molar-refractivity contribution < 1.29 is 28.6 Å². The van der Waals surface area contributed by atoms with Crippen LogP contribution in [-0.2, 0) is 20.7 Å². The Morgan fingerprint density at radius 3 is 2.52 bits per heavy atom. The van der Waals surface area contributed by atoms with Crippen LogP contribution in [0.25, 0.3) is 0 Å². The molecule has 1 aromatic rings. The second-order valence-electron chi connectivity index (χ2n) is 6.05. The molecule has 2 atom stereocenters. The van der Waals surface area contributed by atoms with Gasteiger partial charge in [0.25, 0.3) is 0 Å². The summed E-state index contributed by atoms with van der Waals surface area (Å²) in [5.74, 6) is -1.35. The monoisotopic (exact) mass is 327 g/mol. The minimum absolute atomic E-state index is 0.0350. The van der Waals surface area contributed by atoms with Crippen LogP contribution in [0.4, 0.5) is 9.18 Å². The van der Waals surface area contributed by atoms with Gasteiger partial charge in [-0.25, -0.2) is 14.0 Å². The van der Waals surface area contributed by atoms with Crippen molar-refractivity contribution in [2.75, 3.05) is 7.11 Å². The second kappa shape index (κ2) is 7.92. The van der Waals surface area contributed by atoms with Crippen molar-refractivity contribution in [2.24, 2.45) is 0 Å². The van der Waals surface area contributed by atoms with Crippen LogP contribution >= 0.6 is 0 Å². The van der Waals surface area contributed by atoms with Gasteiger partial charge in [0.05, 0.1) is 13.2 Å². The van der Waals surface area contributed by atoms with Gasteiger partial charge in [-0.1, -0.05) is 12.1 Å². The molecule has 0 aliphatic carbocycles. The highest BCUT2D eigenvalue weighted by Crippen LogP contribution is 2.12. The fourth-order valence-corrected chi connectivity index (χ4v) is 1.90. The molecule has 7 heteroatoms. The van der Waals surface area contributed by atoms with Crippen molar-refractivity contribution in [3.8, 4) is 0 Å². The molecule has 0 saturated carbocycles. The van der Waals surface area contributed by atoms with Gasteiger partial charge in [0.2, 0.25) is 0 Å². The lowest BCUT2D eigenvalue weighted by Crippen LogP contribution is -2.50. The van der Waals surface area contributed by atoms with Gasteiger partial charge in [-0.15, -0.1) is 0 Å². The lowest BCUT2D eigenvalue weighted by atomic mass is 10.0. The number of ether oxygens (including phenoxy) is 2. The van der Waals surface area contributed by atoms with Crippen molar-refractivity contribution in [2.45, 2.75) is 44.9 Å². The quantitative estimate of drug-likeness (QED) is 0.806. The van der Waals surface area contributed by atoms with Gasteiger partial charge in [-0.2, -0.15) is 0 Å². The van der Waals surface area contributed by atoms with Crippen molar-refractivity contribution in [3.63, 3.8) is 0 Å². The molecule has 0 fully saturated rings. The maximum Gasteiger partial charge on any atom is 0.407 e. The van der Waals surface area contributed by atoms with Gasteiger partial charge in [0, 0.05) is 0 Å². The Balaban J connectivity index is 2.89. The molecular formula is C16H22FNO5.